The van der Waals surface area contributed by atoms with Crippen LogP contribution in [-0.4, -0.2) is 19.7 Å². The van der Waals surface area contributed by atoms with E-state index >= 15 is 0 Å². The average molecular weight is 266 g/mol. The van der Waals surface area contributed by atoms with Crippen molar-refractivity contribution in [1.29, 1.82) is 0 Å². The van der Waals surface area contributed by atoms with Crippen molar-refractivity contribution >= 4 is 23.3 Å². The maximum absolute atomic E-state index is 4.41. The fourth-order valence-corrected chi connectivity index (χ4v) is 1.77. The van der Waals surface area contributed by atoms with Gasteiger partial charge in [-0.3, -0.25) is 4.68 Å². The standard InChI is InChI=1S/C14H14N6/c1-20-13(8-10-16-20)19-14-15-9-7-12(18-14)17-11-5-3-2-4-6-11/h2-10H,1H3,(H2,15,17,18,19). The summed E-state index contributed by atoms with van der Waals surface area (Å²) in [7, 11) is 1.86. The van der Waals surface area contributed by atoms with E-state index < -0.39 is 0 Å². The van der Waals surface area contributed by atoms with E-state index in [1.54, 1.807) is 17.1 Å². The molecular formula is C14H14N6. The number of aryl methyl sites for hydroxylation is 1. The molecule has 0 saturated carbocycles. The van der Waals surface area contributed by atoms with Crippen molar-refractivity contribution < 1.29 is 0 Å². The van der Waals surface area contributed by atoms with Gasteiger partial charge in [0.2, 0.25) is 5.95 Å². The van der Waals surface area contributed by atoms with Gasteiger partial charge < -0.3 is 10.6 Å². The fourth-order valence-electron chi connectivity index (χ4n) is 1.77. The summed E-state index contributed by atoms with van der Waals surface area (Å²) < 4.78 is 1.72. The zero-order valence-electron chi connectivity index (χ0n) is 11.0. The molecule has 100 valence electrons. The van der Waals surface area contributed by atoms with Crippen LogP contribution < -0.4 is 10.6 Å². The van der Waals surface area contributed by atoms with Crippen LogP contribution in [-0.2, 0) is 7.05 Å². The van der Waals surface area contributed by atoms with E-state index in [0.29, 0.717) is 5.95 Å². The summed E-state index contributed by atoms with van der Waals surface area (Å²) in [4.78, 5) is 8.60. The van der Waals surface area contributed by atoms with Gasteiger partial charge in [0.15, 0.2) is 0 Å². The van der Waals surface area contributed by atoms with Crippen LogP contribution in [0.25, 0.3) is 0 Å². The van der Waals surface area contributed by atoms with E-state index in [9.17, 15) is 0 Å². The van der Waals surface area contributed by atoms with Crippen LogP contribution >= 0.6 is 0 Å². The van der Waals surface area contributed by atoms with Crippen molar-refractivity contribution in [3.05, 3.63) is 54.9 Å². The maximum Gasteiger partial charge on any atom is 0.230 e. The van der Waals surface area contributed by atoms with Crippen LogP contribution in [0.5, 0.6) is 0 Å². The molecule has 0 aliphatic heterocycles. The second-order valence-corrected chi connectivity index (χ2v) is 4.22. The second-order valence-electron chi connectivity index (χ2n) is 4.22. The number of rotatable bonds is 4. The first-order valence-electron chi connectivity index (χ1n) is 6.21. The first-order chi connectivity index (χ1) is 9.81. The normalized spacial score (nSPS) is 10.2. The number of hydrogen-bond donors (Lipinski definition) is 2. The highest BCUT2D eigenvalue weighted by Gasteiger charge is 2.03. The molecule has 0 unspecified atom stereocenters. The maximum atomic E-state index is 4.41. The smallest absolute Gasteiger partial charge is 0.230 e. The van der Waals surface area contributed by atoms with Gasteiger partial charge in [0.1, 0.15) is 11.6 Å². The molecule has 20 heavy (non-hydrogen) atoms. The number of nitrogens with one attached hydrogen (secondary N) is 2. The molecule has 0 aliphatic carbocycles. The summed E-state index contributed by atoms with van der Waals surface area (Å²) in [5, 5.41) is 10.4. The Labute approximate surface area is 116 Å². The highest BCUT2D eigenvalue weighted by atomic mass is 15.3. The molecule has 2 N–H and O–H groups in total. The van der Waals surface area contributed by atoms with Crippen molar-refractivity contribution in [3.63, 3.8) is 0 Å². The van der Waals surface area contributed by atoms with Gasteiger partial charge in [-0.05, 0) is 18.2 Å². The largest absolute Gasteiger partial charge is 0.340 e. The summed E-state index contributed by atoms with van der Waals surface area (Å²) >= 11 is 0. The number of nitrogens with zero attached hydrogens (tertiary/aromatic N) is 4. The molecule has 3 aromatic rings. The van der Waals surface area contributed by atoms with E-state index in [2.05, 4.69) is 25.7 Å². The molecule has 2 heterocycles. The first kappa shape index (κ1) is 12.2. The van der Waals surface area contributed by atoms with Crippen molar-refractivity contribution in [1.82, 2.24) is 19.7 Å². The van der Waals surface area contributed by atoms with Crippen LogP contribution in [0, 0.1) is 0 Å². The van der Waals surface area contributed by atoms with Crippen LogP contribution in [0.15, 0.2) is 54.9 Å². The lowest BCUT2D eigenvalue weighted by atomic mass is 10.3. The van der Waals surface area contributed by atoms with Crippen molar-refractivity contribution in [2.24, 2.45) is 7.05 Å². The highest BCUT2D eigenvalue weighted by molar-refractivity contribution is 5.57. The van der Waals surface area contributed by atoms with Gasteiger partial charge in [-0.2, -0.15) is 10.1 Å². The highest BCUT2D eigenvalue weighted by Crippen LogP contribution is 2.16. The minimum absolute atomic E-state index is 0.523. The SMILES string of the molecule is Cn1nccc1Nc1nccc(Nc2ccccc2)n1. The summed E-state index contributed by atoms with van der Waals surface area (Å²) in [6.45, 7) is 0. The number of hydrogen-bond acceptors (Lipinski definition) is 5. The number of para-hydroxylation sites is 1. The summed E-state index contributed by atoms with van der Waals surface area (Å²) in [5.41, 5.74) is 0.984. The van der Waals surface area contributed by atoms with Crippen molar-refractivity contribution in [2.45, 2.75) is 0 Å². The van der Waals surface area contributed by atoms with E-state index in [4.69, 9.17) is 0 Å². The van der Waals surface area contributed by atoms with E-state index in [0.717, 1.165) is 17.3 Å². The molecule has 0 aliphatic rings. The third-order valence-electron chi connectivity index (χ3n) is 2.76. The lowest BCUT2D eigenvalue weighted by molar-refractivity contribution is 0.775. The van der Waals surface area contributed by atoms with Gasteiger partial charge in [-0.25, -0.2) is 4.98 Å². The van der Waals surface area contributed by atoms with Gasteiger partial charge >= 0.3 is 0 Å². The van der Waals surface area contributed by atoms with Crippen molar-refractivity contribution in [3.8, 4) is 0 Å². The number of benzene rings is 1. The number of anilines is 4. The Bertz CT molecular complexity index is 692. The third kappa shape index (κ3) is 2.74. The first-order valence-corrected chi connectivity index (χ1v) is 6.21. The molecule has 2 aromatic heterocycles. The second kappa shape index (κ2) is 5.40. The summed E-state index contributed by atoms with van der Waals surface area (Å²) in [6, 6.07) is 13.6. The van der Waals surface area contributed by atoms with Crippen LogP contribution in [0.4, 0.5) is 23.3 Å². The predicted octanol–water partition coefficient (Wildman–Crippen LogP) is 2.70. The molecule has 0 bridgehead atoms. The van der Waals surface area contributed by atoms with Gasteiger partial charge in [0, 0.05) is 25.0 Å². The minimum atomic E-state index is 0.523. The quantitative estimate of drug-likeness (QED) is 0.760. The summed E-state index contributed by atoms with van der Waals surface area (Å²) in [6.07, 6.45) is 3.42. The molecule has 3 rings (SSSR count). The Kier molecular flexibility index (Phi) is 3.28. The van der Waals surface area contributed by atoms with Crippen LogP contribution in [0.3, 0.4) is 0 Å². The monoisotopic (exact) mass is 266 g/mol. The lowest BCUT2D eigenvalue weighted by Crippen LogP contribution is -2.03. The van der Waals surface area contributed by atoms with E-state index in [1.165, 1.54) is 0 Å². The molecule has 0 amide bonds. The van der Waals surface area contributed by atoms with Crippen LogP contribution in [0.2, 0.25) is 0 Å². The molecule has 6 heteroatoms. The Morgan fingerprint density at radius 1 is 0.950 bits per heavy atom. The predicted molar refractivity (Wildman–Crippen MR) is 78.2 cm³/mol. The molecular weight excluding hydrogens is 252 g/mol. The van der Waals surface area contributed by atoms with Gasteiger partial charge in [-0.15, -0.1) is 0 Å². The molecule has 0 saturated heterocycles. The Balaban J connectivity index is 1.78. The zero-order chi connectivity index (χ0) is 13.8. The third-order valence-corrected chi connectivity index (χ3v) is 2.76. The Morgan fingerprint density at radius 2 is 1.80 bits per heavy atom. The molecule has 0 atom stereocenters. The molecule has 0 spiro atoms. The topological polar surface area (TPSA) is 67.7 Å². The molecule has 0 radical (unpaired) electrons. The Hall–Kier alpha value is -2.89. The van der Waals surface area contributed by atoms with E-state index in [1.807, 2.05) is 49.5 Å². The summed E-state index contributed by atoms with van der Waals surface area (Å²) in [5.74, 6) is 2.09. The Morgan fingerprint density at radius 3 is 2.55 bits per heavy atom. The zero-order valence-corrected chi connectivity index (χ0v) is 11.0. The van der Waals surface area contributed by atoms with Gasteiger partial charge in [-0.1, -0.05) is 18.2 Å². The molecule has 6 nitrogen and oxygen atoms in total. The fraction of sp³-hybridized carbons (Fsp3) is 0.0714. The molecule has 0 fully saturated rings. The van der Waals surface area contributed by atoms with Crippen LogP contribution in [0.1, 0.15) is 0 Å². The van der Waals surface area contributed by atoms with Gasteiger partial charge in [0.05, 0.1) is 6.20 Å². The lowest BCUT2D eigenvalue weighted by Gasteiger charge is -2.08. The van der Waals surface area contributed by atoms with Gasteiger partial charge in [0.25, 0.3) is 0 Å². The average Bonchev–Trinajstić information content (AvgIpc) is 2.86. The van der Waals surface area contributed by atoms with Crippen molar-refractivity contribution in [2.75, 3.05) is 10.6 Å². The van der Waals surface area contributed by atoms with E-state index in [-0.39, 0.29) is 0 Å². The number of aromatic nitrogens is 4. The minimum Gasteiger partial charge on any atom is -0.340 e. The molecule has 1 aromatic carbocycles.